The Morgan fingerprint density at radius 2 is 1.72 bits per heavy atom. The quantitative estimate of drug-likeness (QED) is 0.758. The van der Waals surface area contributed by atoms with Gasteiger partial charge in [0.1, 0.15) is 5.82 Å². The third kappa shape index (κ3) is 4.26. The number of anilines is 1. The van der Waals surface area contributed by atoms with E-state index in [1.54, 1.807) is 12.1 Å². The van der Waals surface area contributed by atoms with Crippen LogP contribution in [0.5, 0.6) is 0 Å². The van der Waals surface area contributed by atoms with Crippen LogP contribution in [0.2, 0.25) is 5.02 Å². The van der Waals surface area contributed by atoms with Crippen molar-refractivity contribution in [3.05, 3.63) is 41.0 Å². The van der Waals surface area contributed by atoms with Crippen LogP contribution in [-0.2, 0) is 22.4 Å². The van der Waals surface area contributed by atoms with E-state index in [0.717, 1.165) is 16.4 Å². The molecule has 140 valence electrons. The molecule has 1 heterocycles. The maximum atomic E-state index is 13.5. The number of benzene rings is 1. The van der Waals surface area contributed by atoms with E-state index in [1.807, 2.05) is 44.0 Å². The molecular formula is C19H30ClN3OS. The third-order valence-electron chi connectivity index (χ3n) is 4.82. The van der Waals surface area contributed by atoms with Gasteiger partial charge in [0, 0.05) is 39.7 Å². The summed E-state index contributed by atoms with van der Waals surface area (Å²) in [5.41, 5.74) is 1.03. The van der Waals surface area contributed by atoms with Gasteiger partial charge in [0.2, 0.25) is 0 Å². The molecule has 0 spiro atoms. The number of aryl methyl sites for hydroxylation is 1. The lowest BCUT2D eigenvalue weighted by Crippen LogP contribution is -2.43. The van der Waals surface area contributed by atoms with Crippen LogP contribution in [0.4, 0.5) is 5.82 Å². The first kappa shape index (κ1) is 20.0. The highest BCUT2D eigenvalue weighted by molar-refractivity contribution is 8.03. The van der Waals surface area contributed by atoms with Crippen molar-refractivity contribution in [2.75, 3.05) is 18.1 Å². The zero-order chi connectivity index (χ0) is 19.0. The van der Waals surface area contributed by atoms with E-state index in [0.29, 0.717) is 11.6 Å². The minimum atomic E-state index is -2.60. The highest BCUT2D eigenvalue weighted by Gasteiger charge is 2.33. The Morgan fingerprint density at radius 1 is 1.16 bits per heavy atom. The first-order chi connectivity index (χ1) is 11.3. The molecule has 0 unspecified atom stereocenters. The van der Waals surface area contributed by atoms with Crippen molar-refractivity contribution >= 4 is 27.4 Å². The SMILES string of the molecule is Cn1nc(C(C)(C)C)cc1NCC(C)(C)[SH](C)(=O)c1ccc(Cl)cc1. The summed E-state index contributed by atoms with van der Waals surface area (Å²) in [7, 11) is -0.670. The third-order valence-corrected chi connectivity index (χ3v) is 8.83. The van der Waals surface area contributed by atoms with E-state index < -0.39 is 14.7 Å². The number of halogens is 1. The molecule has 1 N–H and O–H groups in total. The van der Waals surface area contributed by atoms with Crippen LogP contribution >= 0.6 is 11.6 Å². The molecule has 0 radical (unpaired) electrons. The zero-order valence-corrected chi connectivity index (χ0v) is 17.9. The van der Waals surface area contributed by atoms with Gasteiger partial charge >= 0.3 is 0 Å². The molecule has 4 nitrogen and oxygen atoms in total. The standard InChI is InChI=1S/C19H30ClN3OS/c1-18(2,3)16-12-17(23(6)22-16)21-13-19(4,5)25(7,24)15-10-8-14(20)9-11-15/h8-12,21,25H,13H2,1-7H3. The van der Waals surface area contributed by atoms with Crippen molar-refractivity contribution in [1.29, 1.82) is 0 Å². The predicted molar refractivity (Wildman–Crippen MR) is 110 cm³/mol. The van der Waals surface area contributed by atoms with Gasteiger partial charge in [0.25, 0.3) is 0 Å². The summed E-state index contributed by atoms with van der Waals surface area (Å²) in [6, 6.07) is 9.40. The Hall–Kier alpha value is -1.33. The number of aromatic nitrogens is 2. The second kappa shape index (κ2) is 6.76. The molecule has 0 aliphatic heterocycles. The van der Waals surface area contributed by atoms with Crippen molar-refractivity contribution in [1.82, 2.24) is 9.78 Å². The van der Waals surface area contributed by atoms with Crippen LogP contribution in [-0.4, -0.2) is 31.5 Å². The molecular weight excluding hydrogens is 354 g/mol. The monoisotopic (exact) mass is 383 g/mol. The number of rotatable bonds is 5. The van der Waals surface area contributed by atoms with Gasteiger partial charge < -0.3 is 5.32 Å². The average Bonchev–Trinajstić information content (AvgIpc) is 2.87. The maximum Gasteiger partial charge on any atom is 0.124 e. The Kier molecular flexibility index (Phi) is 5.41. The lowest BCUT2D eigenvalue weighted by molar-refractivity contribution is 0.553. The molecule has 0 amide bonds. The van der Waals surface area contributed by atoms with E-state index in [9.17, 15) is 4.21 Å². The largest absolute Gasteiger partial charge is 0.369 e. The molecule has 0 aliphatic carbocycles. The van der Waals surface area contributed by atoms with Gasteiger partial charge in [-0.3, -0.25) is 8.89 Å². The van der Waals surface area contributed by atoms with E-state index in [1.165, 1.54) is 0 Å². The minimum Gasteiger partial charge on any atom is -0.369 e. The molecule has 0 saturated heterocycles. The molecule has 1 aromatic heterocycles. The summed E-state index contributed by atoms with van der Waals surface area (Å²) < 4.78 is 15.0. The smallest absolute Gasteiger partial charge is 0.124 e. The molecule has 6 heteroatoms. The summed E-state index contributed by atoms with van der Waals surface area (Å²) in [6.45, 7) is 11.1. The van der Waals surface area contributed by atoms with Gasteiger partial charge in [-0.1, -0.05) is 42.3 Å². The van der Waals surface area contributed by atoms with Crippen LogP contribution < -0.4 is 5.32 Å². The summed E-state index contributed by atoms with van der Waals surface area (Å²) in [4.78, 5) is 0.851. The fourth-order valence-corrected chi connectivity index (χ4v) is 4.46. The van der Waals surface area contributed by atoms with Crippen LogP contribution in [0.15, 0.2) is 35.2 Å². The summed E-state index contributed by atoms with van der Waals surface area (Å²) in [5, 5.41) is 8.67. The molecule has 0 saturated carbocycles. The fraction of sp³-hybridized carbons (Fsp3) is 0.526. The number of hydrogen-bond acceptors (Lipinski definition) is 3. The number of nitrogens with zero attached hydrogens (tertiary/aromatic N) is 2. The lowest BCUT2D eigenvalue weighted by Gasteiger charge is -2.37. The fourth-order valence-electron chi connectivity index (χ4n) is 2.53. The van der Waals surface area contributed by atoms with Gasteiger partial charge in [0.05, 0.1) is 5.69 Å². The first-order valence-corrected chi connectivity index (χ1v) is 11.0. The van der Waals surface area contributed by atoms with E-state index in [-0.39, 0.29) is 5.41 Å². The Balaban J connectivity index is 2.20. The molecule has 0 bridgehead atoms. The van der Waals surface area contributed by atoms with Crippen molar-refractivity contribution in [3.8, 4) is 0 Å². The summed E-state index contributed by atoms with van der Waals surface area (Å²) >= 11 is 5.96. The second-order valence-electron chi connectivity index (χ2n) is 8.35. The van der Waals surface area contributed by atoms with E-state index in [2.05, 4.69) is 37.3 Å². The lowest BCUT2D eigenvalue weighted by atomic mass is 9.92. The second-order valence-corrected chi connectivity index (χ2v) is 12.4. The van der Waals surface area contributed by atoms with Crippen molar-refractivity contribution in [2.45, 2.75) is 49.7 Å². The van der Waals surface area contributed by atoms with Crippen molar-refractivity contribution in [3.63, 3.8) is 0 Å². The van der Waals surface area contributed by atoms with Crippen LogP contribution in [0.25, 0.3) is 0 Å². The number of nitrogens with one attached hydrogen (secondary N) is 1. The van der Waals surface area contributed by atoms with Gasteiger partial charge in [0.15, 0.2) is 0 Å². The normalized spacial score (nSPS) is 13.8. The van der Waals surface area contributed by atoms with Crippen LogP contribution in [0.3, 0.4) is 0 Å². The highest BCUT2D eigenvalue weighted by atomic mass is 35.5. The summed E-state index contributed by atoms with van der Waals surface area (Å²) in [5.74, 6) is 0.939. The maximum absolute atomic E-state index is 13.5. The average molecular weight is 384 g/mol. The Morgan fingerprint density at radius 3 is 2.20 bits per heavy atom. The molecule has 0 fully saturated rings. The molecule has 0 atom stereocenters. The topological polar surface area (TPSA) is 46.9 Å². The molecule has 0 aliphatic rings. The van der Waals surface area contributed by atoms with E-state index in [4.69, 9.17) is 11.6 Å². The van der Waals surface area contributed by atoms with Gasteiger partial charge in [-0.05, 0) is 44.4 Å². The predicted octanol–water partition coefficient (Wildman–Crippen LogP) is 4.27. The van der Waals surface area contributed by atoms with Gasteiger partial charge in [-0.25, -0.2) is 0 Å². The molecule has 1 aromatic carbocycles. The van der Waals surface area contributed by atoms with E-state index >= 15 is 0 Å². The molecule has 2 aromatic rings. The molecule has 2 rings (SSSR count). The Labute approximate surface area is 157 Å². The summed E-state index contributed by atoms with van der Waals surface area (Å²) in [6.07, 6.45) is 1.85. The highest BCUT2D eigenvalue weighted by Crippen LogP contribution is 2.32. The minimum absolute atomic E-state index is 0.00341. The van der Waals surface area contributed by atoms with Crippen LogP contribution in [0.1, 0.15) is 40.3 Å². The number of thiol groups is 1. The van der Waals surface area contributed by atoms with Crippen LogP contribution in [0, 0.1) is 0 Å². The van der Waals surface area contributed by atoms with Gasteiger partial charge in [-0.15, -0.1) is 0 Å². The molecule has 25 heavy (non-hydrogen) atoms. The first-order valence-electron chi connectivity index (χ1n) is 8.47. The van der Waals surface area contributed by atoms with Crippen molar-refractivity contribution in [2.24, 2.45) is 7.05 Å². The Bertz CT molecular complexity index is 788. The van der Waals surface area contributed by atoms with Crippen molar-refractivity contribution < 1.29 is 4.21 Å². The zero-order valence-electron chi connectivity index (χ0n) is 16.2. The number of hydrogen-bond donors (Lipinski definition) is 2. The van der Waals surface area contributed by atoms with Gasteiger partial charge in [-0.2, -0.15) is 5.10 Å².